The zero-order chi connectivity index (χ0) is 18.6. The van der Waals surface area contributed by atoms with Gasteiger partial charge < -0.3 is 5.32 Å². The maximum Gasteiger partial charge on any atom is 0.123 e. The van der Waals surface area contributed by atoms with Crippen LogP contribution in [-0.4, -0.2) is 14.8 Å². The zero-order valence-corrected chi connectivity index (χ0v) is 16.3. The summed E-state index contributed by atoms with van der Waals surface area (Å²) in [4.78, 5) is 5.79. The smallest absolute Gasteiger partial charge is 0.123 e. The highest BCUT2D eigenvalue weighted by Crippen LogP contribution is 2.26. The SMILES string of the molecule is Cc1c(C(C)NCc2cnc(-c3ccccc3)s2)cnn1-c1ccccc1. The molecule has 0 aliphatic rings. The first-order valence-electron chi connectivity index (χ1n) is 9.06. The number of rotatable bonds is 6. The van der Waals surface area contributed by atoms with Crippen LogP contribution in [0.4, 0.5) is 0 Å². The van der Waals surface area contributed by atoms with Crippen LogP contribution >= 0.6 is 11.3 Å². The van der Waals surface area contributed by atoms with E-state index < -0.39 is 0 Å². The van der Waals surface area contributed by atoms with Gasteiger partial charge in [0.2, 0.25) is 0 Å². The second-order valence-corrected chi connectivity index (χ2v) is 7.65. The molecule has 0 saturated carbocycles. The second kappa shape index (κ2) is 7.86. The molecule has 0 bridgehead atoms. The molecule has 2 aromatic heterocycles. The largest absolute Gasteiger partial charge is 0.305 e. The molecular weight excluding hydrogens is 352 g/mol. The number of nitrogens with one attached hydrogen (secondary N) is 1. The van der Waals surface area contributed by atoms with Gasteiger partial charge in [-0.3, -0.25) is 0 Å². The van der Waals surface area contributed by atoms with E-state index in [0.717, 1.165) is 22.9 Å². The van der Waals surface area contributed by atoms with Gasteiger partial charge in [-0.2, -0.15) is 5.10 Å². The van der Waals surface area contributed by atoms with Gasteiger partial charge in [0.05, 0.1) is 11.9 Å². The van der Waals surface area contributed by atoms with Crippen LogP contribution in [0.5, 0.6) is 0 Å². The van der Waals surface area contributed by atoms with Crippen LogP contribution in [0.3, 0.4) is 0 Å². The van der Waals surface area contributed by atoms with Gasteiger partial charge >= 0.3 is 0 Å². The van der Waals surface area contributed by atoms with Gasteiger partial charge in [-0.25, -0.2) is 9.67 Å². The van der Waals surface area contributed by atoms with Crippen molar-refractivity contribution in [2.75, 3.05) is 0 Å². The molecule has 2 heterocycles. The first-order chi connectivity index (χ1) is 13.2. The number of benzene rings is 2. The molecule has 0 amide bonds. The maximum atomic E-state index is 4.57. The molecule has 0 aliphatic heterocycles. The normalized spacial score (nSPS) is 12.2. The van der Waals surface area contributed by atoms with Crippen LogP contribution in [0.15, 0.2) is 73.1 Å². The quantitative estimate of drug-likeness (QED) is 0.507. The third kappa shape index (κ3) is 3.84. The Bertz CT molecular complexity index is 1010. The van der Waals surface area contributed by atoms with Crippen molar-refractivity contribution in [3.8, 4) is 16.3 Å². The van der Waals surface area contributed by atoms with E-state index in [0.29, 0.717) is 0 Å². The lowest BCUT2D eigenvalue weighted by molar-refractivity contribution is 0.575. The maximum absolute atomic E-state index is 4.57. The van der Waals surface area contributed by atoms with Crippen molar-refractivity contribution in [3.05, 3.63) is 89.2 Å². The molecule has 0 radical (unpaired) electrons. The molecule has 4 aromatic rings. The van der Waals surface area contributed by atoms with E-state index in [9.17, 15) is 0 Å². The Morgan fingerprint density at radius 1 is 1.00 bits per heavy atom. The van der Waals surface area contributed by atoms with E-state index in [4.69, 9.17) is 0 Å². The van der Waals surface area contributed by atoms with Crippen LogP contribution in [0, 0.1) is 6.92 Å². The molecular formula is C22H22N4S. The van der Waals surface area contributed by atoms with Crippen molar-refractivity contribution in [3.63, 3.8) is 0 Å². The fraction of sp³-hybridized carbons (Fsp3) is 0.182. The van der Waals surface area contributed by atoms with Gasteiger partial charge in [0.15, 0.2) is 0 Å². The average Bonchev–Trinajstić information content (AvgIpc) is 3.34. The highest BCUT2D eigenvalue weighted by molar-refractivity contribution is 7.15. The molecule has 1 atom stereocenters. The third-order valence-electron chi connectivity index (χ3n) is 4.67. The Hall–Kier alpha value is -2.76. The number of hydrogen-bond donors (Lipinski definition) is 1. The Balaban J connectivity index is 1.44. The molecule has 2 aromatic carbocycles. The van der Waals surface area contributed by atoms with Crippen LogP contribution < -0.4 is 5.32 Å². The minimum atomic E-state index is 0.213. The number of nitrogens with zero attached hydrogens (tertiary/aromatic N) is 3. The Kier molecular flexibility index (Phi) is 5.14. The van der Waals surface area contributed by atoms with Gasteiger partial charge in [0, 0.05) is 40.5 Å². The van der Waals surface area contributed by atoms with E-state index in [2.05, 4.69) is 53.5 Å². The molecule has 0 fully saturated rings. The number of thiazole rings is 1. The van der Waals surface area contributed by atoms with Crippen molar-refractivity contribution in [2.24, 2.45) is 0 Å². The van der Waals surface area contributed by atoms with Gasteiger partial charge in [0.25, 0.3) is 0 Å². The topological polar surface area (TPSA) is 42.7 Å². The lowest BCUT2D eigenvalue weighted by Crippen LogP contribution is -2.18. The average molecular weight is 375 g/mol. The zero-order valence-electron chi connectivity index (χ0n) is 15.5. The van der Waals surface area contributed by atoms with Crippen molar-refractivity contribution in [1.82, 2.24) is 20.1 Å². The molecule has 1 N–H and O–H groups in total. The van der Waals surface area contributed by atoms with Crippen molar-refractivity contribution < 1.29 is 0 Å². The summed E-state index contributed by atoms with van der Waals surface area (Å²) < 4.78 is 1.99. The fourth-order valence-electron chi connectivity index (χ4n) is 3.14. The Morgan fingerprint density at radius 3 is 2.44 bits per heavy atom. The summed E-state index contributed by atoms with van der Waals surface area (Å²) in [5, 5.41) is 9.24. The molecule has 1 unspecified atom stereocenters. The van der Waals surface area contributed by atoms with Crippen LogP contribution in [0.25, 0.3) is 16.3 Å². The van der Waals surface area contributed by atoms with Crippen LogP contribution in [-0.2, 0) is 6.54 Å². The summed E-state index contributed by atoms with van der Waals surface area (Å²) >= 11 is 1.73. The standard InChI is InChI=1S/C22H22N4S/c1-16(21-15-25-26(17(21)2)19-11-7-4-8-12-19)23-13-20-14-24-22(27-20)18-9-5-3-6-10-18/h3-12,14-16,23H,13H2,1-2H3. The van der Waals surface area contributed by atoms with Crippen molar-refractivity contribution >= 4 is 11.3 Å². The molecule has 4 rings (SSSR count). The summed E-state index contributed by atoms with van der Waals surface area (Å²) in [7, 11) is 0. The fourth-order valence-corrected chi connectivity index (χ4v) is 4.01. The van der Waals surface area contributed by atoms with Crippen molar-refractivity contribution in [2.45, 2.75) is 26.4 Å². The van der Waals surface area contributed by atoms with E-state index in [1.807, 2.05) is 53.5 Å². The van der Waals surface area contributed by atoms with E-state index in [1.165, 1.54) is 16.0 Å². The number of hydrogen-bond acceptors (Lipinski definition) is 4. The number of aromatic nitrogens is 3. The predicted octanol–water partition coefficient (Wildman–Crippen LogP) is 5.16. The summed E-state index contributed by atoms with van der Waals surface area (Å²) in [6.45, 7) is 5.09. The summed E-state index contributed by atoms with van der Waals surface area (Å²) in [6, 6.07) is 20.8. The van der Waals surface area contributed by atoms with Crippen LogP contribution in [0.2, 0.25) is 0 Å². The summed E-state index contributed by atoms with van der Waals surface area (Å²) in [5.41, 5.74) is 4.63. The number of para-hydroxylation sites is 1. The van der Waals surface area contributed by atoms with Crippen molar-refractivity contribution in [1.29, 1.82) is 0 Å². The summed E-state index contributed by atoms with van der Waals surface area (Å²) in [6.07, 6.45) is 3.93. The van der Waals surface area contributed by atoms with Gasteiger partial charge in [0.1, 0.15) is 5.01 Å². The first-order valence-corrected chi connectivity index (χ1v) is 9.87. The van der Waals surface area contributed by atoms with Gasteiger partial charge in [-0.1, -0.05) is 48.5 Å². The molecule has 4 nitrogen and oxygen atoms in total. The monoisotopic (exact) mass is 374 g/mol. The lowest BCUT2D eigenvalue weighted by atomic mass is 10.1. The molecule has 136 valence electrons. The minimum absolute atomic E-state index is 0.213. The lowest BCUT2D eigenvalue weighted by Gasteiger charge is -2.13. The molecule has 27 heavy (non-hydrogen) atoms. The molecule has 5 heteroatoms. The predicted molar refractivity (Wildman–Crippen MR) is 111 cm³/mol. The second-order valence-electron chi connectivity index (χ2n) is 6.53. The van der Waals surface area contributed by atoms with E-state index >= 15 is 0 Å². The van der Waals surface area contributed by atoms with Gasteiger partial charge in [-0.15, -0.1) is 11.3 Å². The highest BCUT2D eigenvalue weighted by Gasteiger charge is 2.14. The third-order valence-corrected chi connectivity index (χ3v) is 5.72. The summed E-state index contributed by atoms with van der Waals surface area (Å²) in [5.74, 6) is 0. The van der Waals surface area contributed by atoms with Crippen LogP contribution in [0.1, 0.15) is 29.1 Å². The van der Waals surface area contributed by atoms with E-state index in [1.54, 1.807) is 11.3 Å². The molecule has 0 aliphatic carbocycles. The highest BCUT2D eigenvalue weighted by atomic mass is 32.1. The first kappa shape index (κ1) is 17.6. The van der Waals surface area contributed by atoms with Gasteiger partial charge in [-0.05, 0) is 26.0 Å². The Labute approximate surface area is 163 Å². The Morgan fingerprint density at radius 2 is 1.70 bits per heavy atom. The molecule has 0 saturated heterocycles. The minimum Gasteiger partial charge on any atom is -0.305 e. The molecule has 0 spiro atoms. The van der Waals surface area contributed by atoms with E-state index in [-0.39, 0.29) is 6.04 Å².